The second-order valence-corrected chi connectivity index (χ2v) is 5.17. The van der Waals surface area contributed by atoms with E-state index in [1.165, 1.54) is 18.2 Å². The average Bonchev–Trinajstić information content (AvgIpc) is 3.03. The Morgan fingerprint density at radius 2 is 2.00 bits per heavy atom. The van der Waals surface area contributed by atoms with Gasteiger partial charge in [-0.1, -0.05) is 41.6 Å². The summed E-state index contributed by atoms with van der Waals surface area (Å²) in [5, 5.41) is 6.11. The van der Waals surface area contributed by atoms with Crippen molar-refractivity contribution in [1.82, 2.24) is 5.16 Å². The molecule has 0 saturated carbocycles. The van der Waals surface area contributed by atoms with Crippen LogP contribution in [-0.4, -0.2) is 11.1 Å². The van der Waals surface area contributed by atoms with E-state index in [9.17, 15) is 9.18 Å². The van der Waals surface area contributed by atoms with Gasteiger partial charge in [0.05, 0.1) is 5.69 Å². The quantitative estimate of drug-likeness (QED) is 0.771. The summed E-state index contributed by atoms with van der Waals surface area (Å²) in [5.74, 6) is -0.941. The molecule has 0 fully saturated rings. The summed E-state index contributed by atoms with van der Waals surface area (Å²) in [7, 11) is 0. The highest BCUT2D eigenvalue weighted by Gasteiger charge is 2.17. The van der Waals surface area contributed by atoms with Crippen molar-refractivity contribution in [3.63, 3.8) is 0 Å². The van der Waals surface area contributed by atoms with Crippen LogP contribution in [0.3, 0.4) is 0 Å². The number of carbonyl (C=O) groups is 1. The monoisotopic (exact) mass is 326 g/mol. The lowest BCUT2D eigenvalue weighted by Gasteiger charge is -2.12. The Bertz CT molecular complexity index is 846. The number of amides is 1. The van der Waals surface area contributed by atoms with E-state index in [-0.39, 0.29) is 23.8 Å². The molecule has 0 unspecified atom stereocenters. The van der Waals surface area contributed by atoms with Crippen LogP contribution in [0.1, 0.15) is 21.8 Å². The first-order chi connectivity index (χ1) is 11.6. The average molecular weight is 326 g/mol. The largest absolute Gasteiger partial charge is 0.487 e. The fraction of sp³-hybridized carbons (Fsp3) is 0.111. The van der Waals surface area contributed by atoms with Gasteiger partial charge in [-0.2, -0.15) is 0 Å². The Morgan fingerprint density at radius 3 is 2.71 bits per heavy atom. The highest BCUT2D eigenvalue weighted by molar-refractivity contribution is 6.03. The summed E-state index contributed by atoms with van der Waals surface area (Å²) in [6, 6.07) is 15.3. The first-order valence-corrected chi connectivity index (χ1v) is 7.33. The predicted octanol–water partition coefficient (Wildman–Crippen LogP) is 3.95. The van der Waals surface area contributed by atoms with Crippen LogP contribution in [0.25, 0.3) is 0 Å². The molecule has 5 nitrogen and oxygen atoms in total. The van der Waals surface area contributed by atoms with Crippen molar-refractivity contribution in [2.75, 3.05) is 5.32 Å². The van der Waals surface area contributed by atoms with Gasteiger partial charge in [-0.3, -0.25) is 4.79 Å². The number of nitrogens with zero attached hydrogens (tertiary/aromatic N) is 1. The number of aromatic nitrogens is 1. The number of ether oxygens (including phenoxy) is 1. The van der Waals surface area contributed by atoms with Crippen LogP contribution in [0.4, 0.5) is 10.1 Å². The van der Waals surface area contributed by atoms with Gasteiger partial charge in [0.25, 0.3) is 5.91 Å². The number of benzene rings is 2. The third kappa shape index (κ3) is 3.60. The smallest absolute Gasteiger partial charge is 0.294 e. The Morgan fingerprint density at radius 1 is 1.21 bits per heavy atom. The maximum atomic E-state index is 14.1. The predicted molar refractivity (Wildman–Crippen MR) is 86.4 cm³/mol. The van der Waals surface area contributed by atoms with Crippen molar-refractivity contribution >= 4 is 11.6 Å². The second-order valence-electron chi connectivity index (χ2n) is 5.17. The molecule has 0 bridgehead atoms. The number of carbonyl (C=O) groups excluding carboxylic acids is 1. The molecule has 1 aromatic heterocycles. The number of rotatable bonds is 5. The SMILES string of the molecule is Cc1cc(C(=O)Nc2c(F)cccc2OCc2ccccc2)on1. The summed E-state index contributed by atoms with van der Waals surface area (Å²) in [6.45, 7) is 1.95. The number of anilines is 1. The van der Waals surface area contributed by atoms with Gasteiger partial charge in [-0.15, -0.1) is 0 Å². The van der Waals surface area contributed by atoms with Gasteiger partial charge < -0.3 is 14.6 Å². The fourth-order valence-corrected chi connectivity index (χ4v) is 2.13. The van der Waals surface area contributed by atoms with Crippen LogP contribution in [0, 0.1) is 12.7 Å². The number of hydrogen-bond donors (Lipinski definition) is 1. The lowest BCUT2D eigenvalue weighted by molar-refractivity contribution is 0.0986. The molecule has 0 aliphatic rings. The minimum Gasteiger partial charge on any atom is -0.487 e. The van der Waals surface area contributed by atoms with E-state index >= 15 is 0 Å². The molecule has 0 aliphatic heterocycles. The topological polar surface area (TPSA) is 64.4 Å². The molecule has 0 spiro atoms. The van der Waals surface area contributed by atoms with E-state index in [4.69, 9.17) is 9.26 Å². The zero-order valence-corrected chi connectivity index (χ0v) is 13.0. The van der Waals surface area contributed by atoms with Crippen LogP contribution in [0.5, 0.6) is 5.75 Å². The number of hydrogen-bond acceptors (Lipinski definition) is 4. The Labute approximate surface area is 138 Å². The zero-order chi connectivity index (χ0) is 16.9. The molecular weight excluding hydrogens is 311 g/mol. The molecule has 1 amide bonds. The molecule has 3 rings (SSSR count). The van der Waals surface area contributed by atoms with Gasteiger partial charge in [-0.05, 0) is 24.6 Å². The highest BCUT2D eigenvalue weighted by Crippen LogP contribution is 2.28. The molecule has 0 aliphatic carbocycles. The standard InChI is InChI=1S/C18H15FN2O3/c1-12-10-16(24-21-12)18(22)20-17-14(19)8-5-9-15(17)23-11-13-6-3-2-4-7-13/h2-10H,11H2,1H3,(H,20,22). The molecule has 2 aromatic carbocycles. The van der Waals surface area contributed by atoms with E-state index in [0.29, 0.717) is 5.69 Å². The lowest BCUT2D eigenvalue weighted by atomic mass is 10.2. The third-order valence-corrected chi connectivity index (χ3v) is 3.30. The van der Waals surface area contributed by atoms with Crippen LogP contribution in [-0.2, 0) is 6.61 Å². The van der Waals surface area contributed by atoms with Crippen molar-refractivity contribution in [2.24, 2.45) is 0 Å². The lowest BCUT2D eigenvalue weighted by Crippen LogP contribution is -2.13. The molecule has 0 atom stereocenters. The molecule has 122 valence electrons. The molecule has 1 heterocycles. The second kappa shape index (κ2) is 6.95. The minimum atomic E-state index is -0.592. The van der Waals surface area contributed by atoms with Gasteiger partial charge in [0, 0.05) is 6.07 Å². The van der Waals surface area contributed by atoms with Crippen LogP contribution in [0.2, 0.25) is 0 Å². The van der Waals surface area contributed by atoms with E-state index in [0.717, 1.165) is 5.56 Å². The van der Waals surface area contributed by atoms with Gasteiger partial charge in [0.1, 0.15) is 18.0 Å². The fourth-order valence-electron chi connectivity index (χ4n) is 2.13. The van der Waals surface area contributed by atoms with Gasteiger partial charge in [-0.25, -0.2) is 4.39 Å². The van der Waals surface area contributed by atoms with Crippen molar-refractivity contribution in [3.05, 3.63) is 77.4 Å². The van der Waals surface area contributed by atoms with Crippen LogP contribution in [0.15, 0.2) is 59.1 Å². The molecule has 0 saturated heterocycles. The molecule has 0 radical (unpaired) electrons. The van der Waals surface area contributed by atoms with Gasteiger partial charge in [0.15, 0.2) is 5.82 Å². The Balaban J connectivity index is 1.78. The first-order valence-electron chi connectivity index (χ1n) is 7.33. The highest BCUT2D eigenvalue weighted by atomic mass is 19.1. The Kier molecular flexibility index (Phi) is 4.56. The third-order valence-electron chi connectivity index (χ3n) is 3.30. The van der Waals surface area contributed by atoms with E-state index < -0.39 is 11.7 Å². The maximum Gasteiger partial charge on any atom is 0.294 e. The van der Waals surface area contributed by atoms with Crippen molar-refractivity contribution in [2.45, 2.75) is 13.5 Å². The van der Waals surface area contributed by atoms with E-state index in [2.05, 4.69) is 10.5 Å². The van der Waals surface area contributed by atoms with Gasteiger partial charge in [0.2, 0.25) is 5.76 Å². The Hall–Kier alpha value is -3.15. The van der Waals surface area contributed by atoms with Gasteiger partial charge >= 0.3 is 0 Å². The molecule has 24 heavy (non-hydrogen) atoms. The van der Waals surface area contributed by atoms with Crippen LogP contribution < -0.4 is 10.1 Å². The van der Waals surface area contributed by atoms with Crippen molar-refractivity contribution < 1.29 is 18.4 Å². The summed E-state index contributed by atoms with van der Waals surface area (Å²) in [5.41, 5.74) is 1.46. The normalized spacial score (nSPS) is 10.4. The minimum absolute atomic E-state index is 0.00441. The first kappa shape index (κ1) is 15.7. The number of para-hydroxylation sites is 1. The van der Waals surface area contributed by atoms with E-state index in [1.54, 1.807) is 13.0 Å². The molecule has 1 N–H and O–H groups in total. The summed E-state index contributed by atoms with van der Waals surface area (Å²) >= 11 is 0. The van der Waals surface area contributed by atoms with Crippen LogP contribution >= 0.6 is 0 Å². The number of aryl methyl sites for hydroxylation is 1. The molecule has 3 aromatic rings. The van der Waals surface area contributed by atoms with Crippen molar-refractivity contribution in [1.29, 1.82) is 0 Å². The van der Waals surface area contributed by atoms with Crippen molar-refractivity contribution in [3.8, 4) is 5.75 Å². The zero-order valence-electron chi connectivity index (χ0n) is 13.0. The molecule has 6 heteroatoms. The maximum absolute atomic E-state index is 14.1. The summed E-state index contributed by atoms with van der Waals surface area (Å²) in [6.07, 6.45) is 0. The summed E-state index contributed by atoms with van der Waals surface area (Å²) < 4.78 is 24.6. The number of halogens is 1. The molecular formula is C18H15FN2O3. The summed E-state index contributed by atoms with van der Waals surface area (Å²) in [4.78, 5) is 12.1. The van der Waals surface area contributed by atoms with E-state index in [1.807, 2.05) is 30.3 Å². The number of nitrogens with one attached hydrogen (secondary N) is 1.